The van der Waals surface area contributed by atoms with Gasteiger partial charge in [0, 0.05) is 16.8 Å². The van der Waals surface area contributed by atoms with E-state index in [2.05, 4.69) is 5.32 Å². The largest absolute Gasteiger partial charge is 0.481 e. The van der Waals surface area contributed by atoms with Crippen LogP contribution in [-0.2, 0) is 4.79 Å². The van der Waals surface area contributed by atoms with Crippen LogP contribution in [0.3, 0.4) is 0 Å². The average Bonchev–Trinajstić information content (AvgIpc) is 2.69. The summed E-state index contributed by atoms with van der Waals surface area (Å²) in [6.07, 6.45) is -0.715. The molecule has 3 aromatic carbocycles. The number of para-hydroxylation sites is 1. The lowest BCUT2D eigenvalue weighted by Gasteiger charge is -2.17. The molecule has 0 aliphatic carbocycles. The third kappa shape index (κ3) is 4.52. The molecule has 3 N–H and O–H groups in total. The molecule has 2 amide bonds. The zero-order chi connectivity index (χ0) is 19.2. The molecular formula is C22H20N2O3. The average molecular weight is 360 g/mol. The molecule has 136 valence electrons. The highest BCUT2D eigenvalue weighted by Gasteiger charge is 2.17. The van der Waals surface area contributed by atoms with Crippen LogP contribution in [0.1, 0.15) is 17.3 Å². The Kier molecular flexibility index (Phi) is 5.52. The maximum Gasteiger partial charge on any atom is 0.265 e. The van der Waals surface area contributed by atoms with Crippen molar-refractivity contribution in [2.45, 2.75) is 13.0 Å². The van der Waals surface area contributed by atoms with E-state index in [9.17, 15) is 9.59 Å². The van der Waals surface area contributed by atoms with E-state index in [4.69, 9.17) is 10.5 Å². The SMILES string of the molecule is C[C@H](Oc1ccc(C(N)=O)cc1)C(=O)Nc1ccccc1-c1ccccc1. The topological polar surface area (TPSA) is 81.4 Å². The summed E-state index contributed by atoms with van der Waals surface area (Å²) in [5.74, 6) is -0.291. The normalized spacial score (nSPS) is 11.4. The smallest absolute Gasteiger partial charge is 0.265 e. The predicted molar refractivity (Wildman–Crippen MR) is 106 cm³/mol. The van der Waals surface area contributed by atoms with Crippen molar-refractivity contribution >= 4 is 17.5 Å². The maximum absolute atomic E-state index is 12.6. The summed E-state index contributed by atoms with van der Waals surface area (Å²) in [6.45, 7) is 1.67. The number of nitrogens with one attached hydrogen (secondary N) is 1. The summed E-state index contributed by atoms with van der Waals surface area (Å²) in [7, 11) is 0. The zero-order valence-electron chi connectivity index (χ0n) is 14.9. The number of rotatable bonds is 6. The van der Waals surface area contributed by atoms with Crippen LogP contribution in [0.2, 0.25) is 0 Å². The van der Waals surface area contributed by atoms with Gasteiger partial charge in [-0.05, 0) is 42.8 Å². The van der Waals surface area contributed by atoms with Gasteiger partial charge in [-0.25, -0.2) is 0 Å². The molecule has 0 aliphatic rings. The molecule has 27 heavy (non-hydrogen) atoms. The number of carbonyl (C=O) groups excluding carboxylic acids is 2. The Hall–Kier alpha value is -3.60. The first-order valence-electron chi connectivity index (χ1n) is 8.56. The van der Waals surface area contributed by atoms with E-state index in [1.807, 2.05) is 54.6 Å². The fourth-order valence-corrected chi connectivity index (χ4v) is 2.65. The summed E-state index contributed by atoms with van der Waals surface area (Å²) < 4.78 is 5.66. The number of anilines is 1. The van der Waals surface area contributed by atoms with Crippen LogP contribution in [-0.4, -0.2) is 17.9 Å². The van der Waals surface area contributed by atoms with Crippen molar-refractivity contribution < 1.29 is 14.3 Å². The van der Waals surface area contributed by atoms with E-state index in [1.165, 1.54) is 0 Å². The van der Waals surface area contributed by atoms with Crippen molar-refractivity contribution in [3.05, 3.63) is 84.4 Å². The lowest BCUT2D eigenvalue weighted by Crippen LogP contribution is -2.30. The standard InChI is InChI=1S/C22H20N2O3/c1-15(27-18-13-11-17(12-14-18)21(23)25)22(26)24-20-10-6-5-9-19(20)16-7-3-2-4-8-16/h2-15H,1H3,(H2,23,25)(H,24,26)/t15-/m0/s1. The van der Waals surface area contributed by atoms with E-state index in [0.29, 0.717) is 17.0 Å². The second-order valence-corrected chi connectivity index (χ2v) is 6.05. The molecule has 5 heteroatoms. The fraction of sp³-hybridized carbons (Fsp3) is 0.0909. The van der Waals surface area contributed by atoms with Gasteiger partial charge < -0.3 is 15.8 Å². The first kappa shape index (κ1) is 18.2. The summed E-state index contributed by atoms with van der Waals surface area (Å²) in [5.41, 5.74) is 8.27. The molecule has 0 saturated heterocycles. The highest BCUT2D eigenvalue weighted by Crippen LogP contribution is 2.27. The van der Waals surface area contributed by atoms with Gasteiger partial charge in [-0.1, -0.05) is 48.5 Å². The number of nitrogens with two attached hydrogens (primary N) is 1. The molecule has 5 nitrogen and oxygen atoms in total. The van der Waals surface area contributed by atoms with Gasteiger partial charge in [0.1, 0.15) is 5.75 Å². The molecule has 3 aromatic rings. The van der Waals surface area contributed by atoms with E-state index >= 15 is 0 Å². The number of benzene rings is 3. The zero-order valence-corrected chi connectivity index (χ0v) is 14.9. The molecule has 0 spiro atoms. The molecule has 0 heterocycles. The van der Waals surface area contributed by atoms with Crippen LogP contribution >= 0.6 is 0 Å². The lowest BCUT2D eigenvalue weighted by atomic mass is 10.0. The van der Waals surface area contributed by atoms with Gasteiger partial charge >= 0.3 is 0 Å². The number of primary amides is 1. The van der Waals surface area contributed by atoms with Crippen molar-refractivity contribution in [3.8, 4) is 16.9 Å². The van der Waals surface area contributed by atoms with Crippen LogP contribution in [0, 0.1) is 0 Å². The van der Waals surface area contributed by atoms with Crippen molar-refractivity contribution in [1.29, 1.82) is 0 Å². The van der Waals surface area contributed by atoms with Crippen LogP contribution in [0.25, 0.3) is 11.1 Å². The fourth-order valence-electron chi connectivity index (χ4n) is 2.65. The Bertz CT molecular complexity index is 937. The molecule has 0 fully saturated rings. The summed E-state index contributed by atoms with van der Waals surface area (Å²) in [4.78, 5) is 23.7. The molecule has 0 aliphatic heterocycles. The summed E-state index contributed by atoms with van der Waals surface area (Å²) >= 11 is 0. The third-order valence-electron chi connectivity index (χ3n) is 4.09. The van der Waals surface area contributed by atoms with Crippen LogP contribution in [0.5, 0.6) is 5.75 Å². The monoisotopic (exact) mass is 360 g/mol. The Labute approximate surface area is 157 Å². The molecular weight excluding hydrogens is 340 g/mol. The third-order valence-corrected chi connectivity index (χ3v) is 4.09. The molecule has 0 radical (unpaired) electrons. The number of carbonyl (C=O) groups is 2. The highest BCUT2D eigenvalue weighted by atomic mass is 16.5. The van der Waals surface area contributed by atoms with E-state index in [0.717, 1.165) is 11.1 Å². The van der Waals surface area contributed by atoms with Gasteiger partial charge in [0.15, 0.2) is 6.10 Å². The van der Waals surface area contributed by atoms with Gasteiger partial charge in [-0.3, -0.25) is 9.59 Å². The Morgan fingerprint density at radius 3 is 2.19 bits per heavy atom. The molecule has 0 aromatic heterocycles. The van der Waals surface area contributed by atoms with E-state index in [-0.39, 0.29) is 5.91 Å². The summed E-state index contributed by atoms with van der Waals surface area (Å²) in [5, 5.41) is 2.92. The van der Waals surface area contributed by atoms with Crippen molar-refractivity contribution in [1.82, 2.24) is 0 Å². The first-order valence-corrected chi connectivity index (χ1v) is 8.56. The minimum Gasteiger partial charge on any atom is -0.481 e. The number of ether oxygens (including phenoxy) is 1. The van der Waals surface area contributed by atoms with Gasteiger partial charge in [-0.15, -0.1) is 0 Å². The number of hydrogen-bond donors (Lipinski definition) is 2. The Morgan fingerprint density at radius 1 is 0.889 bits per heavy atom. The Morgan fingerprint density at radius 2 is 1.52 bits per heavy atom. The molecule has 0 unspecified atom stereocenters. The predicted octanol–water partition coefficient (Wildman–Crippen LogP) is 3.86. The van der Waals surface area contributed by atoms with Gasteiger partial charge in [0.2, 0.25) is 5.91 Å². The second kappa shape index (κ2) is 8.19. The quantitative estimate of drug-likeness (QED) is 0.700. The van der Waals surface area contributed by atoms with Gasteiger partial charge in [-0.2, -0.15) is 0 Å². The van der Waals surface area contributed by atoms with Gasteiger partial charge in [0.05, 0.1) is 0 Å². The number of amides is 2. The van der Waals surface area contributed by atoms with Crippen molar-refractivity contribution in [2.24, 2.45) is 5.73 Å². The van der Waals surface area contributed by atoms with Crippen LogP contribution < -0.4 is 15.8 Å². The van der Waals surface area contributed by atoms with Crippen molar-refractivity contribution in [2.75, 3.05) is 5.32 Å². The minimum absolute atomic E-state index is 0.266. The molecule has 0 bridgehead atoms. The van der Waals surface area contributed by atoms with Crippen LogP contribution in [0.4, 0.5) is 5.69 Å². The van der Waals surface area contributed by atoms with E-state index in [1.54, 1.807) is 31.2 Å². The minimum atomic E-state index is -0.715. The lowest BCUT2D eigenvalue weighted by molar-refractivity contribution is -0.122. The molecule has 1 atom stereocenters. The highest BCUT2D eigenvalue weighted by molar-refractivity contribution is 5.98. The van der Waals surface area contributed by atoms with Gasteiger partial charge in [0.25, 0.3) is 5.91 Å². The van der Waals surface area contributed by atoms with Crippen LogP contribution in [0.15, 0.2) is 78.9 Å². The molecule has 0 saturated carbocycles. The Balaban J connectivity index is 1.71. The second-order valence-electron chi connectivity index (χ2n) is 6.05. The first-order chi connectivity index (χ1) is 13.0. The maximum atomic E-state index is 12.6. The molecule has 3 rings (SSSR count). The van der Waals surface area contributed by atoms with Crippen molar-refractivity contribution in [3.63, 3.8) is 0 Å². The number of hydrogen-bond acceptors (Lipinski definition) is 3. The van der Waals surface area contributed by atoms with E-state index < -0.39 is 12.0 Å². The summed E-state index contributed by atoms with van der Waals surface area (Å²) in [6, 6.07) is 23.8.